The van der Waals surface area contributed by atoms with E-state index >= 15 is 0 Å². The fraction of sp³-hybridized carbons (Fsp3) is 0.385. The van der Waals surface area contributed by atoms with E-state index in [4.69, 9.17) is 5.11 Å². The van der Waals surface area contributed by atoms with Crippen molar-refractivity contribution in [2.45, 2.75) is 19.8 Å². The lowest BCUT2D eigenvalue weighted by Crippen LogP contribution is -2.26. The van der Waals surface area contributed by atoms with E-state index < -0.39 is 21.9 Å². The van der Waals surface area contributed by atoms with Gasteiger partial charge in [-0.2, -0.15) is 0 Å². The minimum absolute atomic E-state index is 0.0391. The monoisotopic (exact) mass is 314 g/mol. The largest absolute Gasteiger partial charge is 0.481 e. The van der Waals surface area contributed by atoms with Crippen LogP contribution in [0.2, 0.25) is 0 Å². The van der Waals surface area contributed by atoms with Gasteiger partial charge >= 0.3 is 5.97 Å². The van der Waals surface area contributed by atoms with Crippen LogP contribution in [0.1, 0.15) is 28.8 Å². The maximum Gasteiger partial charge on any atom is 0.303 e. The van der Waals surface area contributed by atoms with E-state index in [9.17, 15) is 18.0 Å². The predicted molar refractivity (Wildman–Crippen MR) is 78.8 cm³/mol. The number of carboxylic acids is 1. The fourth-order valence-electron chi connectivity index (χ4n) is 1.67. The third kappa shape index (κ3) is 6.26. The summed E-state index contributed by atoms with van der Waals surface area (Å²) in [6.45, 7) is 1.99. The molecule has 0 heterocycles. The molecule has 8 heteroatoms. The zero-order valence-electron chi connectivity index (χ0n) is 11.8. The van der Waals surface area contributed by atoms with Crippen LogP contribution in [-0.2, 0) is 14.8 Å². The van der Waals surface area contributed by atoms with Crippen LogP contribution in [0, 0.1) is 6.92 Å². The minimum Gasteiger partial charge on any atom is -0.481 e. The Morgan fingerprint density at radius 2 is 1.95 bits per heavy atom. The molecule has 0 atom stereocenters. The van der Waals surface area contributed by atoms with E-state index in [1.165, 1.54) is 6.07 Å². The SMILES string of the molecule is Cc1ccc(NS(C)(=O)=O)c(C(=O)NCCCC(=O)O)c1. The van der Waals surface area contributed by atoms with Gasteiger partial charge in [0.15, 0.2) is 0 Å². The van der Waals surface area contributed by atoms with Crippen LogP contribution in [-0.4, -0.2) is 38.2 Å². The van der Waals surface area contributed by atoms with Crippen LogP contribution in [0.15, 0.2) is 18.2 Å². The molecular formula is C13H18N2O5S. The van der Waals surface area contributed by atoms with Gasteiger partial charge in [0.05, 0.1) is 17.5 Å². The highest BCUT2D eigenvalue weighted by atomic mass is 32.2. The maximum absolute atomic E-state index is 12.1. The van der Waals surface area contributed by atoms with Crippen LogP contribution < -0.4 is 10.0 Å². The van der Waals surface area contributed by atoms with Crippen molar-refractivity contribution in [3.63, 3.8) is 0 Å². The Kier molecular flexibility index (Phi) is 5.71. The standard InChI is InChI=1S/C13H18N2O5S/c1-9-5-6-11(15-21(2,19)20)10(8-9)13(18)14-7-3-4-12(16)17/h5-6,8,15H,3-4,7H2,1-2H3,(H,14,18)(H,16,17). The molecule has 0 unspecified atom stereocenters. The summed E-state index contributed by atoms with van der Waals surface area (Å²) in [7, 11) is -3.49. The molecule has 21 heavy (non-hydrogen) atoms. The van der Waals surface area contributed by atoms with Crippen LogP contribution >= 0.6 is 0 Å². The Hall–Kier alpha value is -2.09. The Balaban J connectivity index is 2.82. The van der Waals surface area contributed by atoms with Crippen molar-refractivity contribution in [2.24, 2.45) is 0 Å². The van der Waals surface area contributed by atoms with E-state index in [1.54, 1.807) is 19.1 Å². The second kappa shape index (κ2) is 7.07. The van der Waals surface area contributed by atoms with Crippen molar-refractivity contribution in [2.75, 3.05) is 17.5 Å². The zero-order chi connectivity index (χ0) is 16.0. The number of hydrogen-bond donors (Lipinski definition) is 3. The number of amides is 1. The average Bonchev–Trinajstić information content (AvgIpc) is 2.34. The highest BCUT2D eigenvalue weighted by Crippen LogP contribution is 2.18. The summed E-state index contributed by atoms with van der Waals surface area (Å²) in [4.78, 5) is 22.4. The van der Waals surface area contributed by atoms with E-state index in [0.29, 0.717) is 6.42 Å². The summed E-state index contributed by atoms with van der Waals surface area (Å²) in [5.74, 6) is -1.38. The summed E-state index contributed by atoms with van der Waals surface area (Å²) in [5.41, 5.74) is 1.21. The van der Waals surface area contributed by atoms with Gasteiger partial charge in [-0.15, -0.1) is 0 Å². The molecule has 7 nitrogen and oxygen atoms in total. The van der Waals surface area contributed by atoms with E-state index in [-0.39, 0.29) is 24.2 Å². The highest BCUT2D eigenvalue weighted by Gasteiger charge is 2.14. The Morgan fingerprint density at radius 3 is 2.52 bits per heavy atom. The molecule has 0 aromatic heterocycles. The molecule has 3 N–H and O–H groups in total. The van der Waals surface area contributed by atoms with Gasteiger partial charge in [-0.1, -0.05) is 11.6 Å². The molecule has 0 aliphatic heterocycles. The Labute approximate surface area is 123 Å². The lowest BCUT2D eigenvalue weighted by Gasteiger charge is -2.12. The fourth-order valence-corrected chi connectivity index (χ4v) is 2.25. The summed E-state index contributed by atoms with van der Waals surface area (Å²) in [6, 6.07) is 4.78. The minimum atomic E-state index is -3.49. The molecule has 0 radical (unpaired) electrons. The lowest BCUT2D eigenvalue weighted by atomic mass is 10.1. The number of benzene rings is 1. The van der Waals surface area contributed by atoms with E-state index in [2.05, 4.69) is 10.0 Å². The molecule has 0 bridgehead atoms. The number of rotatable bonds is 7. The third-order valence-electron chi connectivity index (χ3n) is 2.57. The maximum atomic E-state index is 12.1. The number of aryl methyl sites for hydroxylation is 1. The summed E-state index contributed by atoms with van der Waals surface area (Å²) in [6.07, 6.45) is 1.27. The number of carbonyl (C=O) groups is 2. The first-order valence-corrected chi connectivity index (χ1v) is 8.16. The van der Waals surface area contributed by atoms with Crippen LogP contribution in [0.4, 0.5) is 5.69 Å². The molecule has 0 aliphatic carbocycles. The molecule has 0 saturated carbocycles. The number of anilines is 1. The topological polar surface area (TPSA) is 113 Å². The molecule has 1 rings (SSSR count). The molecule has 116 valence electrons. The Bertz CT molecular complexity index is 640. The number of hydrogen-bond acceptors (Lipinski definition) is 4. The normalized spacial score (nSPS) is 11.0. The smallest absolute Gasteiger partial charge is 0.303 e. The molecule has 0 aliphatic rings. The van der Waals surface area contributed by atoms with Gasteiger partial charge in [-0.25, -0.2) is 8.42 Å². The van der Waals surface area contributed by atoms with Gasteiger partial charge in [-0.05, 0) is 25.5 Å². The molecule has 1 aromatic carbocycles. The van der Waals surface area contributed by atoms with Crippen molar-refractivity contribution in [3.8, 4) is 0 Å². The quantitative estimate of drug-likeness (QED) is 0.649. The lowest BCUT2D eigenvalue weighted by molar-refractivity contribution is -0.137. The van der Waals surface area contributed by atoms with Crippen LogP contribution in [0.3, 0.4) is 0 Å². The summed E-state index contributed by atoms with van der Waals surface area (Å²) >= 11 is 0. The van der Waals surface area contributed by atoms with Crippen LogP contribution in [0.25, 0.3) is 0 Å². The number of aliphatic carboxylic acids is 1. The molecular weight excluding hydrogens is 296 g/mol. The van der Waals surface area contributed by atoms with Crippen molar-refractivity contribution < 1.29 is 23.1 Å². The van der Waals surface area contributed by atoms with Gasteiger partial charge < -0.3 is 10.4 Å². The highest BCUT2D eigenvalue weighted by molar-refractivity contribution is 7.92. The molecule has 1 aromatic rings. The van der Waals surface area contributed by atoms with E-state index in [0.717, 1.165) is 11.8 Å². The van der Waals surface area contributed by atoms with Gasteiger partial charge in [0.25, 0.3) is 5.91 Å². The molecule has 0 fully saturated rings. The summed E-state index contributed by atoms with van der Waals surface area (Å²) < 4.78 is 24.9. The van der Waals surface area contributed by atoms with Crippen molar-refractivity contribution in [3.05, 3.63) is 29.3 Å². The number of nitrogens with one attached hydrogen (secondary N) is 2. The number of carboxylic acid groups (broad SMARTS) is 1. The first-order valence-electron chi connectivity index (χ1n) is 6.27. The molecule has 1 amide bonds. The van der Waals surface area contributed by atoms with Crippen LogP contribution in [0.5, 0.6) is 0 Å². The van der Waals surface area contributed by atoms with Gasteiger partial charge in [0, 0.05) is 13.0 Å². The first kappa shape index (κ1) is 17.0. The second-order valence-corrected chi connectivity index (χ2v) is 6.42. The molecule has 0 spiro atoms. The first-order chi connectivity index (χ1) is 9.69. The zero-order valence-corrected chi connectivity index (χ0v) is 12.7. The average molecular weight is 314 g/mol. The van der Waals surface area contributed by atoms with Crippen molar-refractivity contribution >= 4 is 27.6 Å². The van der Waals surface area contributed by atoms with Gasteiger partial charge in [-0.3, -0.25) is 14.3 Å². The van der Waals surface area contributed by atoms with E-state index in [1.807, 2.05) is 0 Å². The van der Waals surface area contributed by atoms with Gasteiger partial charge in [0.1, 0.15) is 0 Å². The van der Waals surface area contributed by atoms with Gasteiger partial charge in [0.2, 0.25) is 10.0 Å². The van der Waals surface area contributed by atoms with Crippen molar-refractivity contribution in [1.29, 1.82) is 0 Å². The third-order valence-corrected chi connectivity index (χ3v) is 3.16. The molecule has 0 saturated heterocycles. The predicted octanol–water partition coefficient (Wildman–Crippen LogP) is 0.961. The summed E-state index contributed by atoms with van der Waals surface area (Å²) in [5, 5.41) is 11.1. The Morgan fingerprint density at radius 1 is 1.29 bits per heavy atom. The van der Waals surface area contributed by atoms with Crippen molar-refractivity contribution in [1.82, 2.24) is 5.32 Å². The second-order valence-electron chi connectivity index (χ2n) is 4.68. The number of carbonyl (C=O) groups excluding carboxylic acids is 1. The number of sulfonamides is 1.